The average molecular weight is 451 g/mol. The number of carbonyl (C=O) groups excluding carboxylic acids is 2. The largest absolute Gasteiger partial charge is 0.371 e. The minimum atomic E-state index is -0.551. The molecular formula is C25H34N6O2. The summed E-state index contributed by atoms with van der Waals surface area (Å²) in [7, 11) is 0. The maximum atomic E-state index is 13.1. The molecule has 8 heteroatoms. The van der Waals surface area contributed by atoms with E-state index in [1.54, 1.807) is 18.6 Å². The molecule has 0 bridgehead atoms. The molecule has 0 radical (unpaired) electrons. The lowest BCUT2D eigenvalue weighted by molar-refractivity contribution is -0.129. The number of nitrogens with zero attached hydrogens (tertiary/aromatic N) is 4. The van der Waals surface area contributed by atoms with Crippen LogP contribution >= 0.6 is 0 Å². The van der Waals surface area contributed by atoms with Crippen LogP contribution in [0.3, 0.4) is 0 Å². The Morgan fingerprint density at radius 1 is 1.12 bits per heavy atom. The topological polar surface area (TPSA) is 90.5 Å². The normalized spacial score (nSPS) is 19.2. The van der Waals surface area contributed by atoms with Crippen molar-refractivity contribution < 1.29 is 9.59 Å². The molecule has 3 heterocycles. The molecule has 2 N–H and O–H groups in total. The predicted octanol–water partition coefficient (Wildman–Crippen LogP) is 3.22. The molecule has 2 amide bonds. The van der Waals surface area contributed by atoms with Crippen LogP contribution in [0, 0.1) is 5.92 Å². The first-order valence-corrected chi connectivity index (χ1v) is 12.1. The van der Waals surface area contributed by atoms with Gasteiger partial charge in [-0.15, -0.1) is 0 Å². The molecule has 0 saturated carbocycles. The first-order valence-electron chi connectivity index (χ1n) is 12.1. The van der Waals surface area contributed by atoms with E-state index in [0.29, 0.717) is 13.0 Å². The van der Waals surface area contributed by atoms with E-state index in [1.807, 2.05) is 25.1 Å². The highest BCUT2D eigenvalue weighted by Gasteiger charge is 2.29. The third kappa shape index (κ3) is 6.00. The van der Waals surface area contributed by atoms with Crippen molar-refractivity contribution in [3.8, 4) is 0 Å². The van der Waals surface area contributed by atoms with Crippen LogP contribution in [-0.2, 0) is 9.59 Å². The fourth-order valence-electron chi connectivity index (χ4n) is 4.69. The van der Waals surface area contributed by atoms with Gasteiger partial charge in [0.15, 0.2) is 0 Å². The monoisotopic (exact) mass is 450 g/mol. The molecule has 2 atom stereocenters. The maximum Gasteiger partial charge on any atom is 0.246 e. The van der Waals surface area contributed by atoms with Crippen molar-refractivity contribution in [1.82, 2.24) is 15.3 Å². The van der Waals surface area contributed by atoms with E-state index >= 15 is 0 Å². The van der Waals surface area contributed by atoms with Crippen LogP contribution in [0.2, 0.25) is 0 Å². The minimum absolute atomic E-state index is 0.0667. The first kappa shape index (κ1) is 23.0. The van der Waals surface area contributed by atoms with Gasteiger partial charge in [-0.1, -0.05) is 19.4 Å². The zero-order chi connectivity index (χ0) is 23.0. The quantitative estimate of drug-likeness (QED) is 0.642. The molecule has 33 heavy (non-hydrogen) atoms. The number of nitrogens with one attached hydrogen (secondary N) is 2. The third-order valence-electron chi connectivity index (χ3n) is 6.46. The summed E-state index contributed by atoms with van der Waals surface area (Å²) in [5.74, 6) is 0.385. The van der Waals surface area contributed by atoms with Crippen molar-refractivity contribution in [3.05, 3.63) is 42.9 Å². The molecule has 4 rings (SSSR count). The van der Waals surface area contributed by atoms with E-state index in [9.17, 15) is 9.59 Å². The smallest absolute Gasteiger partial charge is 0.246 e. The van der Waals surface area contributed by atoms with E-state index in [0.717, 1.165) is 56.1 Å². The molecule has 2 aliphatic rings. The molecule has 176 valence electrons. The van der Waals surface area contributed by atoms with Crippen molar-refractivity contribution in [2.75, 3.05) is 41.3 Å². The van der Waals surface area contributed by atoms with Crippen molar-refractivity contribution in [3.63, 3.8) is 0 Å². The van der Waals surface area contributed by atoms with Crippen LogP contribution in [0.4, 0.5) is 17.2 Å². The van der Waals surface area contributed by atoms with E-state index in [2.05, 4.69) is 36.5 Å². The van der Waals surface area contributed by atoms with Gasteiger partial charge in [0.25, 0.3) is 0 Å². The summed E-state index contributed by atoms with van der Waals surface area (Å²) < 4.78 is 0. The Morgan fingerprint density at radius 2 is 1.94 bits per heavy atom. The summed E-state index contributed by atoms with van der Waals surface area (Å²) in [5.41, 5.74) is 1.90. The lowest BCUT2D eigenvalue weighted by Gasteiger charge is -2.33. The summed E-state index contributed by atoms with van der Waals surface area (Å²) in [6, 6.07) is 7.43. The fraction of sp³-hybridized carbons (Fsp3) is 0.520. The van der Waals surface area contributed by atoms with E-state index in [-0.39, 0.29) is 17.7 Å². The second-order valence-corrected chi connectivity index (χ2v) is 8.93. The van der Waals surface area contributed by atoms with E-state index in [4.69, 9.17) is 0 Å². The molecule has 0 spiro atoms. The molecule has 1 aromatic heterocycles. The number of benzene rings is 1. The highest BCUT2D eigenvalue weighted by Crippen LogP contribution is 2.24. The maximum absolute atomic E-state index is 13.1. The molecular weight excluding hydrogens is 416 g/mol. The fourth-order valence-corrected chi connectivity index (χ4v) is 4.69. The summed E-state index contributed by atoms with van der Waals surface area (Å²) in [4.78, 5) is 39.1. The number of amides is 2. The van der Waals surface area contributed by atoms with Crippen LogP contribution in [0.15, 0.2) is 42.9 Å². The van der Waals surface area contributed by atoms with Gasteiger partial charge in [0, 0.05) is 49.9 Å². The number of hydrogen-bond acceptors (Lipinski definition) is 6. The van der Waals surface area contributed by atoms with E-state index < -0.39 is 6.04 Å². The van der Waals surface area contributed by atoms with E-state index in [1.165, 1.54) is 12.8 Å². The molecule has 2 aliphatic heterocycles. The number of piperidine rings is 1. The summed E-state index contributed by atoms with van der Waals surface area (Å²) >= 11 is 0. The number of anilines is 3. The Labute approximate surface area is 195 Å². The van der Waals surface area contributed by atoms with Crippen molar-refractivity contribution in [2.24, 2.45) is 5.92 Å². The number of hydrogen-bond donors (Lipinski definition) is 2. The number of carbonyl (C=O) groups is 2. The summed E-state index contributed by atoms with van der Waals surface area (Å²) in [6.07, 6.45) is 10.6. The van der Waals surface area contributed by atoms with Gasteiger partial charge in [0.05, 0.1) is 12.1 Å². The van der Waals surface area contributed by atoms with Crippen LogP contribution in [0.5, 0.6) is 0 Å². The molecule has 2 unspecified atom stereocenters. The molecule has 2 saturated heterocycles. The molecule has 2 aromatic rings. The zero-order valence-corrected chi connectivity index (χ0v) is 19.4. The van der Waals surface area contributed by atoms with Crippen LogP contribution in [0.25, 0.3) is 0 Å². The van der Waals surface area contributed by atoms with Crippen molar-refractivity contribution >= 4 is 29.0 Å². The Kier molecular flexibility index (Phi) is 7.75. The van der Waals surface area contributed by atoms with Crippen LogP contribution < -0.4 is 20.4 Å². The van der Waals surface area contributed by atoms with Crippen molar-refractivity contribution in [1.29, 1.82) is 0 Å². The van der Waals surface area contributed by atoms with Gasteiger partial charge >= 0.3 is 0 Å². The second kappa shape index (κ2) is 11.1. The highest BCUT2D eigenvalue weighted by atomic mass is 16.2. The molecule has 2 fully saturated rings. The van der Waals surface area contributed by atoms with Gasteiger partial charge < -0.3 is 20.4 Å². The van der Waals surface area contributed by atoms with Gasteiger partial charge in [-0.3, -0.25) is 14.6 Å². The SMILES string of the molecule is CCCC(NC(=O)C1CCCN(c2cnccn2)C1)C(=O)Nc1cccc(N2CCCC2)c1. The second-order valence-electron chi connectivity index (χ2n) is 8.93. The first-order chi connectivity index (χ1) is 16.1. The average Bonchev–Trinajstić information content (AvgIpc) is 3.40. The Hall–Kier alpha value is -3.16. The number of rotatable bonds is 8. The van der Waals surface area contributed by atoms with Gasteiger partial charge in [-0.25, -0.2) is 4.98 Å². The lowest BCUT2D eigenvalue weighted by Crippen LogP contribution is -2.49. The Bertz CT molecular complexity index is 932. The zero-order valence-electron chi connectivity index (χ0n) is 19.4. The van der Waals surface area contributed by atoms with Gasteiger partial charge in [0.1, 0.15) is 11.9 Å². The Morgan fingerprint density at radius 3 is 2.70 bits per heavy atom. The highest BCUT2D eigenvalue weighted by molar-refractivity contribution is 5.97. The van der Waals surface area contributed by atoms with Crippen molar-refractivity contribution in [2.45, 2.75) is 51.5 Å². The minimum Gasteiger partial charge on any atom is -0.371 e. The van der Waals surface area contributed by atoms with Crippen LogP contribution in [0.1, 0.15) is 45.4 Å². The number of aromatic nitrogens is 2. The predicted molar refractivity (Wildman–Crippen MR) is 130 cm³/mol. The standard InChI is InChI=1S/C25H34N6O2/c1-2-7-22(25(33)28-20-9-5-10-21(16-20)30-13-3-4-14-30)29-24(32)19-8-6-15-31(18-19)23-17-26-11-12-27-23/h5,9-12,16-17,19,22H,2-4,6-8,13-15,18H2,1H3,(H,28,33)(H,29,32). The molecule has 0 aliphatic carbocycles. The summed E-state index contributed by atoms with van der Waals surface area (Å²) in [5, 5.41) is 6.05. The third-order valence-corrected chi connectivity index (χ3v) is 6.46. The molecule has 1 aromatic carbocycles. The molecule has 8 nitrogen and oxygen atoms in total. The lowest BCUT2D eigenvalue weighted by atomic mass is 9.96. The van der Waals surface area contributed by atoms with Crippen LogP contribution in [-0.4, -0.2) is 54.0 Å². The van der Waals surface area contributed by atoms with Gasteiger partial charge in [0.2, 0.25) is 11.8 Å². The van der Waals surface area contributed by atoms with Gasteiger partial charge in [-0.05, 0) is 50.3 Å². The summed E-state index contributed by atoms with van der Waals surface area (Å²) in [6.45, 7) is 5.58. The van der Waals surface area contributed by atoms with Gasteiger partial charge in [-0.2, -0.15) is 0 Å². The Balaban J connectivity index is 1.37.